The van der Waals surface area contributed by atoms with Gasteiger partial charge in [-0.3, -0.25) is 0 Å². The number of nitrogens with zero attached hydrogens (tertiary/aromatic N) is 2. The Labute approximate surface area is 129 Å². The highest BCUT2D eigenvalue weighted by Gasteiger charge is 2.31. The molecule has 1 saturated carbocycles. The fourth-order valence-electron chi connectivity index (χ4n) is 2.59. The minimum Gasteiger partial charge on any atom is -0.389 e. The number of hydrogen-bond acceptors (Lipinski definition) is 4. The summed E-state index contributed by atoms with van der Waals surface area (Å²) < 4.78 is 0. The summed E-state index contributed by atoms with van der Waals surface area (Å²) in [5, 5.41) is 23.4. The zero-order valence-electron chi connectivity index (χ0n) is 12.0. The molecule has 1 aromatic carbocycles. The molecule has 2 aromatic rings. The SMILES string of the molecule is C[C@@H](O)c1ccc(C#N)cc1N(Cc1ccsc1)C1CC1. The van der Waals surface area contributed by atoms with E-state index in [2.05, 4.69) is 27.8 Å². The summed E-state index contributed by atoms with van der Waals surface area (Å²) in [6.07, 6.45) is 1.83. The first kappa shape index (κ1) is 14.1. The Hall–Kier alpha value is -1.83. The van der Waals surface area contributed by atoms with Crippen molar-refractivity contribution in [1.82, 2.24) is 0 Å². The van der Waals surface area contributed by atoms with E-state index < -0.39 is 6.10 Å². The molecule has 1 atom stereocenters. The molecule has 0 saturated heterocycles. The summed E-state index contributed by atoms with van der Waals surface area (Å²) in [5.41, 5.74) is 3.82. The van der Waals surface area contributed by atoms with Crippen molar-refractivity contribution in [3.63, 3.8) is 0 Å². The number of aliphatic hydroxyl groups excluding tert-OH is 1. The third-order valence-corrected chi connectivity index (χ3v) is 4.57. The maximum absolute atomic E-state index is 10.0. The smallest absolute Gasteiger partial charge is 0.0992 e. The number of anilines is 1. The number of aliphatic hydroxyl groups is 1. The molecule has 1 aliphatic carbocycles. The predicted octanol–water partition coefficient (Wildman–Crippen LogP) is 3.84. The average Bonchev–Trinajstić information content (AvgIpc) is 3.20. The van der Waals surface area contributed by atoms with Gasteiger partial charge in [-0.2, -0.15) is 16.6 Å². The van der Waals surface area contributed by atoms with Gasteiger partial charge in [0.2, 0.25) is 0 Å². The third kappa shape index (κ3) is 3.10. The molecule has 0 spiro atoms. The predicted molar refractivity (Wildman–Crippen MR) is 85.3 cm³/mol. The molecule has 0 bridgehead atoms. The second kappa shape index (κ2) is 5.88. The van der Waals surface area contributed by atoms with Gasteiger partial charge in [-0.05, 0) is 54.3 Å². The van der Waals surface area contributed by atoms with E-state index in [1.165, 1.54) is 18.4 Å². The van der Waals surface area contributed by atoms with Crippen molar-refractivity contribution in [3.05, 3.63) is 51.7 Å². The fraction of sp³-hybridized carbons (Fsp3) is 0.353. The van der Waals surface area contributed by atoms with Crippen LogP contribution in [0.4, 0.5) is 5.69 Å². The lowest BCUT2D eigenvalue weighted by Gasteiger charge is -2.28. The molecule has 1 fully saturated rings. The largest absolute Gasteiger partial charge is 0.389 e. The molecule has 3 nitrogen and oxygen atoms in total. The highest BCUT2D eigenvalue weighted by Crippen LogP contribution is 2.37. The second-order valence-corrected chi connectivity index (χ2v) is 6.33. The van der Waals surface area contributed by atoms with E-state index in [1.54, 1.807) is 24.3 Å². The molecular weight excluding hydrogens is 280 g/mol. The van der Waals surface area contributed by atoms with Crippen LogP contribution in [0, 0.1) is 11.3 Å². The molecule has 3 rings (SSSR count). The highest BCUT2D eigenvalue weighted by atomic mass is 32.1. The Bertz CT molecular complexity index is 654. The minimum atomic E-state index is -0.531. The zero-order valence-corrected chi connectivity index (χ0v) is 12.8. The first-order valence-corrected chi connectivity index (χ1v) is 8.13. The normalized spacial score (nSPS) is 15.5. The molecule has 21 heavy (non-hydrogen) atoms. The quantitative estimate of drug-likeness (QED) is 0.912. The van der Waals surface area contributed by atoms with Crippen molar-refractivity contribution < 1.29 is 5.11 Å². The second-order valence-electron chi connectivity index (χ2n) is 5.55. The minimum absolute atomic E-state index is 0.524. The van der Waals surface area contributed by atoms with Crippen LogP contribution in [0.25, 0.3) is 0 Å². The van der Waals surface area contributed by atoms with Crippen molar-refractivity contribution in [3.8, 4) is 6.07 Å². The lowest BCUT2D eigenvalue weighted by Crippen LogP contribution is -2.26. The Morgan fingerprint density at radius 3 is 2.81 bits per heavy atom. The molecule has 1 N–H and O–H groups in total. The molecule has 0 aliphatic heterocycles. The maximum atomic E-state index is 10.0. The van der Waals surface area contributed by atoms with Gasteiger partial charge in [0.25, 0.3) is 0 Å². The van der Waals surface area contributed by atoms with Gasteiger partial charge in [-0.25, -0.2) is 0 Å². The summed E-state index contributed by atoms with van der Waals surface area (Å²) >= 11 is 1.70. The van der Waals surface area contributed by atoms with Crippen LogP contribution in [0.1, 0.15) is 42.6 Å². The van der Waals surface area contributed by atoms with Crippen LogP contribution in [0.5, 0.6) is 0 Å². The summed E-state index contributed by atoms with van der Waals surface area (Å²) in [6.45, 7) is 2.61. The molecule has 108 valence electrons. The van der Waals surface area contributed by atoms with Crippen LogP contribution in [0.3, 0.4) is 0 Å². The van der Waals surface area contributed by atoms with Crippen LogP contribution in [-0.2, 0) is 6.54 Å². The molecule has 1 heterocycles. The van der Waals surface area contributed by atoms with Gasteiger partial charge < -0.3 is 10.0 Å². The molecule has 0 amide bonds. The van der Waals surface area contributed by atoms with Crippen LogP contribution >= 0.6 is 11.3 Å². The Balaban J connectivity index is 1.99. The first-order chi connectivity index (χ1) is 10.2. The van der Waals surface area contributed by atoms with Crippen LogP contribution in [-0.4, -0.2) is 11.1 Å². The van der Waals surface area contributed by atoms with Gasteiger partial charge in [0, 0.05) is 23.8 Å². The zero-order chi connectivity index (χ0) is 14.8. The third-order valence-electron chi connectivity index (χ3n) is 3.84. The average molecular weight is 298 g/mol. The van der Waals surface area contributed by atoms with Crippen molar-refractivity contribution >= 4 is 17.0 Å². The number of rotatable bonds is 5. The Morgan fingerprint density at radius 2 is 2.24 bits per heavy atom. The topological polar surface area (TPSA) is 47.3 Å². The number of nitriles is 1. The van der Waals surface area contributed by atoms with Crippen LogP contribution in [0.15, 0.2) is 35.0 Å². The highest BCUT2D eigenvalue weighted by molar-refractivity contribution is 7.07. The van der Waals surface area contributed by atoms with Gasteiger partial charge >= 0.3 is 0 Å². The van der Waals surface area contributed by atoms with E-state index in [4.69, 9.17) is 5.26 Å². The summed E-state index contributed by atoms with van der Waals surface area (Å²) in [6, 6.07) is 10.4. The first-order valence-electron chi connectivity index (χ1n) is 7.19. The number of benzene rings is 1. The summed E-state index contributed by atoms with van der Waals surface area (Å²) in [4.78, 5) is 2.34. The van der Waals surface area contributed by atoms with Crippen LogP contribution in [0.2, 0.25) is 0 Å². The Morgan fingerprint density at radius 1 is 1.43 bits per heavy atom. The number of thiophene rings is 1. The van der Waals surface area contributed by atoms with Gasteiger partial charge in [0.05, 0.1) is 17.7 Å². The van der Waals surface area contributed by atoms with Gasteiger partial charge in [0.1, 0.15) is 0 Å². The van der Waals surface area contributed by atoms with E-state index in [0.717, 1.165) is 17.8 Å². The molecule has 0 unspecified atom stereocenters. The lowest BCUT2D eigenvalue weighted by atomic mass is 10.0. The summed E-state index contributed by atoms with van der Waals surface area (Å²) in [7, 11) is 0. The van der Waals surface area contributed by atoms with E-state index in [1.807, 2.05) is 12.1 Å². The van der Waals surface area contributed by atoms with Gasteiger partial charge in [-0.1, -0.05) is 6.07 Å². The molecule has 4 heteroatoms. The fourth-order valence-corrected chi connectivity index (χ4v) is 3.25. The van der Waals surface area contributed by atoms with Crippen molar-refractivity contribution in [2.24, 2.45) is 0 Å². The van der Waals surface area contributed by atoms with Crippen molar-refractivity contribution in [2.75, 3.05) is 4.90 Å². The van der Waals surface area contributed by atoms with E-state index in [9.17, 15) is 5.11 Å². The molecule has 1 aliphatic rings. The number of hydrogen-bond donors (Lipinski definition) is 1. The monoisotopic (exact) mass is 298 g/mol. The van der Waals surface area contributed by atoms with E-state index >= 15 is 0 Å². The van der Waals surface area contributed by atoms with Crippen molar-refractivity contribution in [2.45, 2.75) is 38.5 Å². The molecule has 1 aromatic heterocycles. The molecule has 0 radical (unpaired) electrons. The van der Waals surface area contributed by atoms with Crippen LogP contribution < -0.4 is 4.90 Å². The van der Waals surface area contributed by atoms with Gasteiger partial charge in [-0.15, -0.1) is 0 Å². The van der Waals surface area contributed by atoms with Crippen molar-refractivity contribution in [1.29, 1.82) is 5.26 Å². The van der Waals surface area contributed by atoms with Gasteiger partial charge in [0.15, 0.2) is 0 Å². The van der Waals surface area contributed by atoms with E-state index in [0.29, 0.717) is 11.6 Å². The molecular formula is C17H18N2OS. The Kier molecular flexibility index (Phi) is 3.96. The maximum Gasteiger partial charge on any atom is 0.0992 e. The summed E-state index contributed by atoms with van der Waals surface area (Å²) in [5.74, 6) is 0. The van der Waals surface area contributed by atoms with E-state index in [-0.39, 0.29) is 0 Å². The standard InChI is InChI=1S/C17H18N2OS/c1-12(20)16-5-2-13(9-18)8-17(16)19(15-3-4-15)10-14-6-7-21-11-14/h2,5-8,11-12,15,20H,3-4,10H2,1H3/t12-/m1/s1. The lowest BCUT2D eigenvalue weighted by molar-refractivity contribution is 0.199.